The number of hydrogen-bond donors (Lipinski definition) is 1. The zero-order valence-electron chi connectivity index (χ0n) is 11.3. The largest absolute Gasteiger partial charge is 0.484 e. The third-order valence-electron chi connectivity index (χ3n) is 2.77. The van der Waals surface area contributed by atoms with Crippen molar-refractivity contribution in [3.05, 3.63) is 52.1 Å². The Labute approximate surface area is 126 Å². The smallest absolute Gasteiger partial charge is 0.263 e. The highest BCUT2D eigenvalue weighted by atomic mass is 79.9. The van der Waals surface area contributed by atoms with Crippen LogP contribution < -0.4 is 10.1 Å². The average Bonchev–Trinajstić information content (AvgIpc) is 2.43. The number of nitrogens with one attached hydrogen (secondary N) is 1. The highest BCUT2D eigenvalue weighted by Gasteiger charge is 2.07. The summed E-state index contributed by atoms with van der Waals surface area (Å²) in [5.74, 6) is 0.999. The number of carbonyl (C=O) groups is 1. The SMILES string of the molecule is Cc1cc(OCC(=O)Nc2ncccc2C)ccc1Br. The molecule has 0 spiro atoms. The van der Waals surface area contributed by atoms with E-state index in [1.54, 1.807) is 6.20 Å². The Morgan fingerprint density at radius 3 is 2.80 bits per heavy atom. The molecule has 1 N–H and O–H groups in total. The number of anilines is 1. The molecule has 0 aliphatic heterocycles. The van der Waals surface area contributed by atoms with Crippen molar-refractivity contribution in [1.29, 1.82) is 0 Å². The van der Waals surface area contributed by atoms with Gasteiger partial charge in [-0.15, -0.1) is 0 Å². The van der Waals surface area contributed by atoms with Crippen LogP contribution >= 0.6 is 15.9 Å². The van der Waals surface area contributed by atoms with E-state index in [4.69, 9.17) is 4.74 Å². The number of pyridine rings is 1. The molecule has 1 aromatic carbocycles. The minimum absolute atomic E-state index is 0.0446. The van der Waals surface area contributed by atoms with E-state index < -0.39 is 0 Å². The third kappa shape index (κ3) is 3.81. The molecule has 1 aromatic heterocycles. The highest BCUT2D eigenvalue weighted by Crippen LogP contribution is 2.21. The molecule has 0 aliphatic carbocycles. The molecule has 1 heterocycles. The Morgan fingerprint density at radius 1 is 1.30 bits per heavy atom. The van der Waals surface area contributed by atoms with Gasteiger partial charge in [0.05, 0.1) is 0 Å². The van der Waals surface area contributed by atoms with Gasteiger partial charge in [-0.05, 0) is 49.2 Å². The van der Waals surface area contributed by atoms with Crippen LogP contribution in [-0.4, -0.2) is 17.5 Å². The fourth-order valence-corrected chi connectivity index (χ4v) is 1.89. The summed E-state index contributed by atoms with van der Waals surface area (Å²) in [7, 11) is 0. The first kappa shape index (κ1) is 14.5. The van der Waals surface area contributed by atoms with Crippen molar-refractivity contribution in [2.24, 2.45) is 0 Å². The molecule has 0 fully saturated rings. The first-order chi connectivity index (χ1) is 9.56. The molecule has 2 aromatic rings. The van der Waals surface area contributed by atoms with Gasteiger partial charge >= 0.3 is 0 Å². The van der Waals surface area contributed by atoms with Gasteiger partial charge in [-0.3, -0.25) is 4.79 Å². The maximum absolute atomic E-state index is 11.8. The fourth-order valence-electron chi connectivity index (χ4n) is 1.64. The second kappa shape index (κ2) is 6.52. The van der Waals surface area contributed by atoms with Crippen LogP contribution in [-0.2, 0) is 4.79 Å². The van der Waals surface area contributed by atoms with E-state index in [1.165, 1.54) is 0 Å². The van der Waals surface area contributed by atoms with Gasteiger partial charge in [0.1, 0.15) is 11.6 Å². The Balaban J connectivity index is 1.92. The number of halogens is 1. The van der Waals surface area contributed by atoms with Crippen LogP contribution in [0.2, 0.25) is 0 Å². The van der Waals surface area contributed by atoms with Crippen molar-refractivity contribution in [2.75, 3.05) is 11.9 Å². The van der Waals surface area contributed by atoms with Gasteiger partial charge in [0.15, 0.2) is 6.61 Å². The van der Waals surface area contributed by atoms with Crippen LogP contribution in [0.5, 0.6) is 5.75 Å². The lowest BCUT2D eigenvalue weighted by atomic mass is 10.2. The van der Waals surface area contributed by atoms with Gasteiger partial charge < -0.3 is 10.1 Å². The average molecular weight is 335 g/mol. The zero-order chi connectivity index (χ0) is 14.5. The normalized spacial score (nSPS) is 10.2. The van der Waals surface area contributed by atoms with Gasteiger partial charge in [0.2, 0.25) is 0 Å². The summed E-state index contributed by atoms with van der Waals surface area (Å²) >= 11 is 3.42. The monoisotopic (exact) mass is 334 g/mol. The molecule has 0 atom stereocenters. The molecule has 0 saturated heterocycles. The van der Waals surface area contributed by atoms with Crippen molar-refractivity contribution in [2.45, 2.75) is 13.8 Å². The van der Waals surface area contributed by atoms with Gasteiger partial charge in [-0.25, -0.2) is 4.98 Å². The number of ether oxygens (including phenoxy) is 1. The predicted molar refractivity (Wildman–Crippen MR) is 82.0 cm³/mol. The molecular formula is C15H15BrN2O2. The number of rotatable bonds is 4. The molecule has 5 heteroatoms. The van der Waals surface area contributed by atoms with Crippen LogP contribution in [0.15, 0.2) is 41.0 Å². The Kier molecular flexibility index (Phi) is 4.74. The minimum atomic E-state index is -0.229. The van der Waals surface area contributed by atoms with E-state index in [0.29, 0.717) is 11.6 Å². The first-order valence-electron chi connectivity index (χ1n) is 6.16. The quantitative estimate of drug-likeness (QED) is 0.931. The summed E-state index contributed by atoms with van der Waals surface area (Å²) < 4.78 is 6.47. The zero-order valence-corrected chi connectivity index (χ0v) is 12.9. The molecule has 0 bridgehead atoms. The van der Waals surface area contributed by atoms with Crippen molar-refractivity contribution >= 4 is 27.7 Å². The molecule has 0 aliphatic rings. The highest BCUT2D eigenvalue weighted by molar-refractivity contribution is 9.10. The standard InChI is InChI=1S/C15H15BrN2O2/c1-10-4-3-7-17-15(10)18-14(19)9-20-12-5-6-13(16)11(2)8-12/h3-8H,9H2,1-2H3,(H,17,18,19). The molecule has 0 radical (unpaired) electrons. The Morgan fingerprint density at radius 2 is 2.10 bits per heavy atom. The molecule has 20 heavy (non-hydrogen) atoms. The summed E-state index contributed by atoms with van der Waals surface area (Å²) in [6, 6.07) is 9.30. The summed E-state index contributed by atoms with van der Waals surface area (Å²) in [5, 5.41) is 2.72. The first-order valence-corrected chi connectivity index (χ1v) is 6.96. The number of hydrogen-bond acceptors (Lipinski definition) is 3. The van der Waals surface area contributed by atoms with Crippen molar-refractivity contribution in [3.63, 3.8) is 0 Å². The molecule has 1 amide bonds. The van der Waals surface area contributed by atoms with E-state index in [0.717, 1.165) is 15.6 Å². The molecule has 104 valence electrons. The van der Waals surface area contributed by atoms with Gasteiger partial charge in [-0.2, -0.15) is 0 Å². The van der Waals surface area contributed by atoms with E-state index in [9.17, 15) is 4.79 Å². The Bertz CT molecular complexity index is 629. The number of benzene rings is 1. The number of aryl methyl sites for hydroxylation is 2. The molecule has 2 rings (SSSR count). The van der Waals surface area contributed by atoms with Crippen LogP contribution in [0.4, 0.5) is 5.82 Å². The topological polar surface area (TPSA) is 51.2 Å². The maximum atomic E-state index is 11.8. The van der Waals surface area contributed by atoms with E-state index in [1.807, 2.05) is 44.2 Å². The third-order valence-corrected chi connectivity index (χ3v) is 3.66. The summed E-state index contributed by atoms with van der Waals surface area (Å²) in [5.41, 5.74) is 1.98. The minimum Gasteiger partial charge on any atom is -0.484 e. The number of carbonyl (C=O) groups excluding carboxylic acids is 1. The van der Waals surface area contributed by atoms with Crippen LogP contribution in [0, 0.1) is 13.8 Å². The van der Waals surface area contributed by atoms with E-state index in [2.05, 4.69) is 26.2 Å². The summed E-state index contributed by atoms with van der Waals surface area (Å²) in [4.78, 5) is 15.9. The van der Waals surface area contributed by atoms with Gasteiger partial charge in [0.25, 0.3) is 5.91 Å². The van der Waals surface area contributed by atoms with Crippen LogP contribution in [0.25, 0.3) is 0 Å². The predicted octanol–water partition coefficient (Wildman–Crippen LogP) is 3.48. The molecule has 4 nitrogen and oxygen atoms in total. The molecule has 0 unspecified atom stereocenters. The number of nitrogens with zero attached hydrogens (tertiary/aromatic N) is 1. The van der Waals surface area contributed by atoms with Crippen LogP contribution in [0.1, 0.15) is 11.1 Å². The van der Waals surface area contributed by atoms with E-state index >= 15 is 0 Å². The van der Waals surface area contributed by atoms with Crippen molar-refractivity contribution in [3.8, 4) is 5.75 Å². The van der Waals surface area contributed by atoms with Crippen molar-refractivity contribution in [1.82, 2.24) is 4.98 Å². The van der Waals surface area contributed by atoms with Gasteiger partial charge in [-0.1, -0.05) is 22.0 Å². The lowest BCUT2D eigenvalue weighted by Gasteiger charge is -2.09. The number of aromatic nitrogens is 1. The lowest BCUT2D eigenvalue weighted by molar-refractivity contribution is -0.118. The van der Waals surface area contributed by atoms with E-state index in [-0.39, 0.29) is 12.5 Å². The lowest BCUT2D eigenvalue weighted by Crippen LogP contribution is -2.21. The molecular weight excluding hydrogens is 320 g/mol. The fraction of sp³-hybridized carbons (Fsp3) is 0.200. The van der Waals surface area contributed by atoms with Crippen molar-refractivity contribution < 1.29 is 9.53 Å². The summed E-state index contributed by atoms with van der Waals surface area (Å²) in [6.07, 6.45) is 1.64. The molecule has 0 saturated carbocycles. The second-order valence-electron chi connectivity index (χ2n) is 4.42. The van der Waals surface area contributed by atoms with Crippen LogP contribution in [0.3, 0.4) is 0 Å². The Hall–Kier alpha value is -1.88. The maximum Gasteiger partial charge on any atom is 0.263 e. The van der Waals surface area contributed by atoms with Gasteiger partial charge in [0, 0.05) is 10.7 Å². The second-order valence-corrected chi connectivity index (χ2v) is 5.27. The number of amides is 1. The summed E-state index contributed by atoms with van der Waals surface area (Å²) in [6.45, 7) is 3.81.